The molecule has 8 unspecified atom stereocenters. The smallest absolute Gasteiger partial charge is 0.309 e. The number of hydrogen-bond acceptors (Lipinski definition) is 7. The molecule has 4 aliphatic rings. The third kappa shape index (κ3) is 18.1. The van der Waals surface area contributed by atoms with Gasteiger partial charge in [-0.15, -0.1) is 0 Å². The van der Waals surface area contributed by atoms with Crippen LogP contribution in [-0.2, 0) is 33.3 Å². The van der Waals surface area contributed by atoms with Gasteiger partial charge in [0.15, 0.2) is 0 Å². The SMILES string of the molecule is CCCCCCC1OC1CCCCCCCCCCOC(=O)C1CC2OC2CC1C(=O)OCCCCCCCCCCC1OC1CCCCCC. The van der Waals surface area contributed by atoms with E-state index in [1.165, 1.54) is 154 Å². The van der Waals surface area contributed by atoms with Gasteiger partial charge < -0.3 is 23.7 Å². The van der Waals surface area contributed by atoms with E-state index in [0.29, 0.717) is 50.5 Å². The standard InChI is InChI=1S/C44H78O7/c1-3-5-7-21-27-37-39(49-37)29-23-17-13-9-11-15-19-25-31-47-43(45)35-33-41-42(51-41)34-36(35)44(46)48-32-26-20-16-12-10-14-18-24-30-40-38(50-40)28-22-8-6-4-2/h35-42H,3-34H2,1-2H3. The first kappa shape index (κ1) is 42.6. The molecule has 1 aliphatic carbocycles. The summed E-state index contributed by atoms with van der Waals surface area (Å²) in [4.78, 5) is 26.0. The summed E-state index contributed by atoms with van der Waals surface area (Å²) in [6.45, 7) is 5.42. The quantitative estimate of drug-likeness (QED) is 0.0371. The second-order valence-electron chi connectivity index (χ2n) is 16.6. The Morgan fingerprint density at radius 2 is 0.706 bits per heavy atom. The van der Waals surface area contributed by atoms with Crippen LogP contribution in [0, 0.1) is 11.8 Å². The second-order valence-corrected chi connectivity index (χ2v) is 16.6. The summed E-state index contributed by atoms with van der Waals surface area (Å²) >= 11 is 0. The Kier molecular flexibility index (Phi) is 21.5. The van der Waals surface area contributed by atoms with E-state index in [0.717, 1.165) is 25.7 Å². The number of rotatable bonds is 34. The largest absolute Gasteiger partial charge is 0.465 e. The molecule has 3 aliphatic heterocycles. The summed E-state index contributed by atoms with van der Waals surface area (Å²) in [5, 5.41) is 0. The Morgan fingerprint density at radius 3 is 1.04 bits per heavy atom. The summed E-state index contributed by atoms with van der Waals surface area (Å²) in [6, 6.07) is 0. The molecule has 4 fully saturated rings. The molecule has 0 aromatic heterocycles. The maximum atomic E-state index is 13.0. The average Bonchev–Trinajstić information content (AvgIpc) is 4.05. The molecule has 0 N–H and O–H groups in total. The maximum absolute atomic E-state index is 13.0. The van der Waals surface area contributed by atoms with Crippen molar-refractivity contribution in [3.63, 3.8) is 0 Å². The highest BCUT2D eigenvalue weighted by molar-refractivity contribution is 5.82. The van der Waals surface area contributed by atoms with Gasteiger partial charge >= 0.3 is 11.9 Å². The van der Waals surface area contributed by atoms with Gasteiger partial charge in [0, 0.05) is 0 Å². The predicted octanol–water partition coefficient (Wildman–Crippen LogP) is 11.4. The molecule has 296 valence electrons. The average molecular weight is 719 g/mol. The van der Waals surface area contributed by atoms with Gasteiger partial charge in [-0.05, 0) is 51.4 Å². The van der Waals surface area contributed by atoms with E-state index in [2.05, 4.69) is 13.8 Å². The molecule has 3 saturated heterocycles. The van der Waals surface area contributed by atoms with Crippen LogP contribution >= 0.6 is 0 Å². The molecule has 51 heavy (non-hydrogen) atoms. The molecule has 8 atom stereocenters. The van der Waals surface area contributed by atoms with E-state index in [1.54, 1.807) is 0 Å². The summed E-state index contributed by atoms with van der Waals surface area (Å²) < 4.78 is 28.8. The van der Waals surface area contributed by atoms with Gasteiger partial charge in [-0.1, -0.05) is 155 Å². The minimum Gasteiger partial charge on any atom is -0.465 e. The normalized spacial score (nSPS) is 27.6. The monoisotopic (exact) mass is 719 g/mol. The van der Waals surface area contributed by atoms with Crippen LogP contribution in [0.2, 0.25) is 0 Å². The van der Waals surface area contributed by atoms with Gasteiger partial charge in [0.05, 0.1) is 61.7 Å². The number of epoxide rings is 3. The van der Waals surface area contributed by atoms with Gasteiger partial charge in [-0.2, -0.15) is 0 Å². The number of carbonyl (C=O) groups excluding carboxylic acids is 2. The Hall–Kier alpha value is -1.18. The topological polar surface area (TPSA) is 90.2 Å². The lowest BCUT2D eigenvalue weighted by Gasteiger charge is -2.26. The van der Waals surface area contributed by atoms with Crippen molar-refractivity contribution in [3.05, 3.63) is 0 Å². The first-order chi connectivity index (χ1) is 25.1. The molecule has 4 rings (SSSR count). The van der Waals surface area contributed by atoms with Crippen LogP contribution in [0.4, 0.5) is 0 Å². The number of esters is 2. The number of fused-ring (bicyclic) bond motifs is 1. The lowest BCUT2D eigenvalue weighted by molar-refractivity contribution is -0.162. The van der Waals surface area contributed by atoms with Gasteiger partial charge in [0.25, 0.3) is 0 Å². The molecular weight excluding hydrogens is 640 g/mol. The Bertz CT molecular complexity index is 853. The maximum Gasteiger partial charge on any atom is 0.309 e. The number of hydrogen-bond donors (Lipinski definition) is 0. The fourth-order valence-electron chi connectivity index (χ4n) is 8.44. The third-order valence-corrected chi connectivity index (χ3v) is 12.1. The molecule has 1 saturated carbocycles. The van der Waals surface area contributed by atoms with Crippen LogP contribution in [-0.4, -0.2) is 61.8 Å². The molecular formula is C44H78O7. The van der Waals surface area contributed by atoms with Gasteiger partial charge in [-0.25, -0.2) is 0 Å². The molecule has 7 nitrogen and oxygen atoms in total. The van der Waals surface area contributed by atoms with Crippen LogP contribution in [0.3, 0.4) is 0 Å². The van der Waals surface area contributed by atoms with Crippen LogP contribution in [0.5, 0.6) is 0 Å². The highest BCUT2D eigenvalue weighted by atomic mass is 16.6. The predicted molar refractivity (Wildman–Crippen MR) is 205 cm³/mol. The minimum atomic E-state index is -0.429. The molecule has 0 spiro atoms. The van der Waals surface area contributed by atoms with Crippen molar-refractivity contribution in [2.45, 2.75) is 243 Å². The molecule has 0 bridgehead atoms. The Balaban J connectivity index is 0.911. The molecule has 0 aromatic rings. The zero-order valence-electron chi connectivity index (χ0n) is 33.1. The van der Waals surface area contributed by atoms with Crippen molar-refractivity contribution in [1.82, 2.24) is 0 Å². The van der Waals surface area contributed by atoms with E-state index in [1.807, 2.05) is 0 Å². The molecule has 0 amide bonds. The molecule has 0 aromatic carbocycles. The van der Waals surface area contributed by atoms with Crippen molar-refractivity contribution >= 4 is 11.9 Å². The zero-order valence-corrected chi connectivity index (χ0v) is 33.1. The number of ether oxygens (including phenoxy) is 5. The summed E-state index contributed by atoms with van der Waals surface area (Å²) in [6.07, 6.45) is 38.6. The van der Waals surface area contributed by atoms with Crippen molar-refractivity contribution in [2.24, 2.45) is 11.8 Å². The van der Waals surface area contributed by atoms with E-state index in [4.69, 9.17) is 23.7 Å². The van der Waals surface area contributed by atoms with Crippen LogP contribution in [0.25, 0.3) is 0 Å². The highest BCUT2D eigenvalue weighted by Gasteiger charge is 2.53. The first-order valence-electron chi connectivity index (χ1n) is 22.4. The Morgan fingerprint density at radius 1 is 0.412 bits per heavy atom. The lowest BCUT2D eigenvalue weighted by atomic mass is 9.79. The second kappa shape index (κ2) is 25.8. The van der Waals surface area contributed by atoms with Gasteiger partial charge in [-0.3, -0.25) is 9.59 Å². The summed E-state index contributed by atoms with van der Waals surface area (Å²) in [5.41, 5.74) is 0. The summed E-state index contributed by atoms with van der Waals surface area (Å²) in [7, 11) is 0. The van der Waals surface area contributed by atoms with E-state index >= 15 is 0 Å². The minimum absolute atomic E-state index is 0.111. The van der Waals surface area contributed by atoms with Crippen molar-refractivity contribution in [2.75, 3.05) is 13.2 Å². The molecule has 0 radical (unpaired) electrons. The number of carbonyl (C=O) groups is 2. The van der Waals surface area contributed by atoms with Gasteiger partial charge in [0.2, 0.25) is 0 Å². The van der Waals surface area contributed by atoms with E-state index in [-0.39, 0.29) is 24.1 Å². The third-order valence-electron chi connectivity index (χ3n) is 12.1. The van der Waals surface area contributed by atoms with Crippen LogP contribution < -0.4 is 0 Å². The zero-order chi connectivity index (χ0) is 35.9. The Labute approximate surface area is 312 Å². The summed E-state index contributed by atoms with van der Waals surface area (Å²) in [5.74, 6) is -1.33. The van der Waals surface area contributed by atoms with Crippen molar-refractivity contribution in [1.29, 1.82) is 0 Å². The van der Waals surface area contributed by atoms with Crippen LogP contribution in [0.1, 0.15) is 206 Å². The molecule has 7 heteroatoms. The van der Waals surface area contributed by atoms with E-state index < -0.39 is 11.8 Å². The lowest BCUT2D eigenvalue weighted by Crippen LogP contribution is -2.37. The fourth-order valence-corrected chi connectivity index (χ4v) is 8.44. The van der Waals surface area contributed by atoms with Crippen molar-refractivity contribution in [3.8, 4) is 0 Å². The first-order valence-corrected chi connectivity index (χ1v) is 22.4. The van der Waals surface area contributed by atoms with Crippen molar-refractivity contribution < 1.29 is 33.3 Å². The van der Waals surface area contributed by atoms with Gasteiger partial charge in [0.1, 0.15) is 0 Å². The fraction of sp³-hybridized carbons (Fsp3) is 0.955. The molecule has 3 heterocycles. The highest BCUT2D eigenvalue weighted by Crippen LogP contribution is 2.44. The van der Waals surface area contributed by atoms with E-state index in [9.17, 15) is 9.59 Å². The van der Waals surface area contributed by atoms with Crippen LogP contribution in [0.15, 0.2) is 0 Å². The number of unbranched alkanes of at least 4 members (excludes halogenated alkanes) is 20.